The van der Waals surface area contributed by atoms with E-state index < -0.39 is 11.8 Å². The number of carboxylic acid groups (broad SMARTS) is 1. The fraction of sp³-hybridized carbons (Fsp3) is 0.167. The van der Waals surface area contributed by atoms with Gasteiger partial charge in [0.05, 0.1) is 5.56 Å². The number of aromatic nitrogens is 3. The van der Waals surface area contributed by atoms with Crippen molar-refractivity contribution in [1.82, 2.24) is 15.0 Å². The largest absolute Gasteiger partial charge is 0.481 e. The molecule has 6 heteroatoms. The molecular formula is C12H10FN3O2. The summed E-state index contributed by atoms with van der Waals surface area (Å²) in [4.78, 5) is 22.5. The Balaban J connectivity index is 2.48. The van der Waals surface area contributed by atoms with Gasteiger partial charge in [-0.25, -0.2) is 19.3 Å². The maximum Gasteiger partial charge on any atom is 0.311 e. The number of hydrogen-bond donors (Lipinski definition) is 1. The van der Waals surface area contributed by atoms with Crippen LogP contribution < -0.4 is 0 Å². The Labute approximate surface area is 102 Å². The molecule has 2 rings (SSSR count). The Morgan fingerprint density at radius 2 is 2.00 bits per heavy atom. The van der Waals surface area contributed by atoms with E-state index in [0.29, 0.717) is 5.82 Å². The van der Waals surface area contributed by atoms with E-state index in [9.17, 15) is 9.18 Å². The molecule has 92 valence electrons. The molecule has 0 aliphatic carbocycles. The topological polar surface area (TPSA) is 76.0 Å². The van der Waals surface area contributed by atoms with Crippen LogP contribution in [0.2, 0.25) is 0 Å². The number of rotatable bonds is 3. The van der Waals surface area contributed by atoms with E-state index in [1.54, 1.807) is 19.1 Å². The number of halogens is 1. The first-order valence-corrected chi connectivity index (χ1v) is 5.24. The number of benzene rings is 1. The van der Waals surface area contributed by atoms with Gasteiger partial charge in [-0.1, -0.05) is 12.1 Å². The zero-order valence-electron chi connectivity index (χ0n) is 9.59. The minimum Gasteiger partial charge on any atom is -0.481 e. The van der Waals surface area contributed by atoms with Crippen LogP contribution in [0, 0.1) is 12.7 Å². The van der Waals surface area contributed by atoms with Gasteiger partial charge in [-0.05, 0) is 19.1 Å². The molecule has 1 aromatic heterocycles. The maximum absolute atomic E-state index is 13.6. The molecule has 0 saturated carbocycles. The van der Waals surface area contributed by atoms with E-state index in [1.807, 2.05) is 0 Å². The number of hydrogen-bond acceptors (Lipinski definition) is 4. The van der Waals surface area contributed by atoms with Crippen molar-refractivity contribution >= 4 is 5.97 Å². The monoisotopic (exact) mass is 247 g/mol. The lowest BCUT2D eigenvalue weighted by Crippen LogP contribution is -2.08. The number of aryl methyl sites for hydroxylation is 1. The molecule has 0 aliphatic rings. The molecule has 0 saturated heterocycles. The summed E-state index contributed by atoms with van der Waals surface area (Å²) >= 11 is 0. The van der Waals surface area contributed by atoms with E-state index in [-0.39, 0.29) is 23.6 Å². The zero-order chi connectivity index (χ0) is 13.1. The van der Waals surface area contributed by atoms with Crippen LogP contribution in [0.15, 0.2) is 24.3 Å². The van der Waals surface area contributed by atoms with Crippen LogP contribution in [-0.2, 0) is 11.2 Å². The third-order valence-corrected chi connectivity index (χ3v) is 2.22. The average Bonchev–Trinajstić information content (AvgIpc) is 2.27. The van der Waals surface area contributed by atoms with Crippen molar-refractivity contribution in [3.63, 3.8) is 0 Å². The van der Waals surface area contributed by atoms with Gasteiger partial charge in [0.2, 0.25) is 0 Å². The first-order chi connectivity index (χ1) is 8.56. The first kappa shape index (κ1) is 12.1. The highest BCUT2D eigenvalue weighted by atomic mass is 19.1. The molecular weight excluding hydrogens is 237 g/mol. The molecule has 2 aromatic rings. The molecule has 0 atom stereocenters. The van der Waals surface area contributed by atoms with Crippen molar-refractivity contribution in [2.24, 2.45) is 0 Å². The molecule has 1 N–H and O–H groups in total. The van der Waals surface area contributed by atoms with Gasteiger partial charge < -0.3 is 5.11 Å². The summed E-state index contributed by atoms with van der Waals surface area (Å²) in [5.74, 6) is -0.867. The molecule has 18 heavy (non-hydrogen) atoms. The van der Waals surface area contributed by atoms with Crippen molar-refractivity contribution < 1.29 is 14.3 Å². The lowest BCUT2D eigenvalue weighted by Gasteiger charge is -2.04. The number of carbonyl (C=O) groups is 1. The third-order valence-electron chi connectivity index (χ3n) is 2.22. The van der Waals surface area contributed by atoms with E-state index in [4.69, 9.17) is 5.11 Å². The number of carboxylic acids is 1. The van der Waals surface area contributed by atoms with Crippen LogP contribution in [0.25, 0.3) is 11.4 Å². The van der Waals surface area contributed by atoms with Crippen molar-refractivity contribution in [2.45, 2.75) is 13.3 Å². The number of nitrogens with zero attached hydrogens (tertiary/aromatic N) is 3. The van der Waals surface area contributed by atoms with Crippen LogP contribution in [0.1, 0.15) is 11.6 Å². The standard InChI is InChI=1S/C12H10FN3O2/c1-7-14-10(6-11(17)18)16-12(15-7)8-4-2-3-5-9(8)13/h2-5H,6H2,1H3,(H,17,18). The minimum atomic E-state index is -1.04. The van der Waals surface area contributed by atoms with E-state index in [2.05, 4.69) is 15.0 Å². The fourth-order valence-corrected chi connectivity index (χ4v) is 1.51. The molecule has 5 nitrogen and oxygen atoms in total. The Bertz CT molecular complexity index is 602. The summed E-state index contributed by atoms with van der Waals surface area (Å²) in [6, 6.07) is 6.05. The minimum absolute atomic E-state index is 0.119. The van der Waals surface area contributed by atoms with Gasteiger partial charge in [0.1, 0.15) is 23.9 Å². The zero-order valence-corrected chi connectivity index (χ0v) is 9.59. The fourth-order valence-electron chi connectivity index (χ4n) is 1.51. The van der Waals surface area contributed by atoms with E-state index in [1.165, 1.54) is 12.1 Å². The normalized spacial score (nSPS) is 10.3. The maximum atomic E-state index is 13.6. The third kappa shape index (κ3) is 2.65. The van der Waals surface area contributed by atoms with E-state index in [0.717, 1.165) is 0 Å². The van der Waals surface area contributed by atoms with Gasteiger partial charge in [-0.2, -0.15) is 0 Å². The van der Waals surface area contributed by atoms with Crippen molar-refractivity contribution in [2.75, 3.05) is 0 Å². The Kier molecular flexibility index (Phi) is 3.27. The Morgan fingerprint density at radius 1 is 1.28 bits per heavy atom. The first-order valence-electron chi connectivity index (χ1n) is 5.24. The molecule has 0 fully saturated rings. The second-order valence-electron chi connectivity index (χ2n) is 3.67. The van der Waals surface area contributed by atoms with Gasteiger partial charge in [0.25, 0.3) is 0 Å². The molecule has 0 amide bonds. The van der Waals surface area contributed by atoms with Crippen molar-refractivity contribution in [3.05, 3.63) is 41.7 Å². The predicted octanol–water partition coefficient (Wildman–Crippen LogP) is 1.61. The molecule has 1 heterocycles. The average molecular weight is 247 g/mol. The van der Waals surface area contributed by atoms with Gasteiger partial charge in [-0.15, -0.1) is 0 Å². The molecule has 0 aliphatic heterocycles. The van der Waals surface area contributed by atoms with Crippen LogP contribution in [-0.4, -0.2) is 26.0 Å². The predicted molar refractivity (Wildman–Crippen MR) is 61.3 cm³/mol. The van der Waals surface area contributed by atoms with Gasteiger partial charge in [-0.3, -0.25) is 4.79 Å². The van der Waals surface area contributed by atoms with Gasteiger partial charge in [0, 0.05) is 0 Å². The summed E-state index contributed by atoms with van der Waals surface area (Å²) in [5.41, 5.74) is 0.231. The molecule has 0 bridgehead atoms. The van der Waals surface area contributed by atoms with Gasteiger partial charge >= 0.3 is 5.97 Å². The molecule has 0 radical (unpaired) electrons. The van der Waals surface area contributed by atoms with Crippen LogP contribution in [0.5, 0.6) is 0 Å². The summed E-state index contributed by atoms with van der Waals surface area (Å²) in [6.07, 6.45) is -0.315. The second-order valence-corrected chi connectivity index (χ2v) is 3.67. The highest BCUT2D eigenvalue weighted by molar-refractivity contribution is 5.69. The Hall–Kier alpha value is -2.37. The SMILES string of the molecule is Cc1nc(CC(=O)O)nc(-c2ccccc2F)n1. The highest BCUT2D eigenvalue weighted by Crippen LogP contribution is 2.18. The summed E-state index contributed by atoms with van der Waals surface area (Å²) in [5, 5.41) is 8.70. The lowest BCUT2D eigenvalue weighted by molar-refractivity contribution is -0.136. The highest BCUT2D eigenvalue weighted by Gasteiger charge is 2.12. The second kappa shape index (κ2) is 4.87. The van der Waals surface area contributed by atoms with Crippen LogP contribution in [0.4, 0.5) is 4.39 Å². The van der Waals surface area contributed by atoms with Crippen LogP contribution >= 0.6 is 0 Å². The smallest absolute Gasteiger partial charge is 0.311 e. The summed E-state index contributed by atoms with van der Waals surface area (Å²) in [7, 11) is 0. The van der Waals surface area contributed by atoms with Crippen molar-refractivity contribution in [1.29, 1.82) is 0 Å². The summed E-state index contributed by atoms with van der Waals surface area (Å²) in [6.45, 7) is 1.61. The number of aliphatic carboxylic acids is 1. The molecule has 0 spiro atoms. The summed E-state index contributed by atoms with van der Waals surface area (Å²) < 4.78 is 13.6. The molecule has 0 unspecified atom stereocenters. The Morgan fingerprint density at radius 3 is 2.67 bits per heavy atom. The van der Waals surface area contributed by atoms with Crippen LogP contribution in [0.3, 0.4) is 0 Å². The van der Waals surface area contributed by atoms with Gasteiger partial charge in [0.15, 0.2) is 5.82 Å². The van der Waals surface area contributed by atoms with Crippen molar-refractivity contribution in [3.8, 4) is 11.4 Å². The lowest BCUT2D eigenvalue weighted by atomic mass is 10.2. The quantitative estimate of drug-likeness (QED) is 0.891. The molecule has 1 aromatic carbocycles. The van der Waals surface area contributed by atoms with E-state index >= 15 is 0 Å².